The maximum Gasteiger partial charge on any atom is 0.320 e. The molecule has 6 heteroatoms. The van der Waals surface area contributed by atoms with Gasteiger partial charge < -0.3 is 9.64 Å². The van der Waals surface area contributed by atoms with E-state index in [1.165, 1.54) is 0 Å². The molecule has 1 aromatic rings. The number of rotatable bonds is 5. The Kier molecular flexibility index (Phi) is 6.52. The molecular formula is C17H25N3O3. The second-order valence-corrected chi connectivity index (χ2v) is 5.80. The van der Waals surface area contributed by atoms with E-state index in [2.05, 4.69) is 9.88 Å². The third-order valence-electron chi connectivity index (χ3n) is 3.93. The molecule has 0 spiro atoms. The quantitative estimate of drug-likeness (QED) is 0.759. The minimum atomic E-state index is -0.196. The predicted molar refractivity (Wildman–Crippen MR) is 86.9 cm³/mol. The van der Waals surface area contributed by atoms with Crippen molar-refractivity contribution >= 4 is 11.9 Å². The number of hydrogen-bond donors (Lipinski definition) is 0. The van der Waals surface area contributed by atoms with E-state index in [-0.39, 0.29) is 11.9 Å². The molecule has 1 amide bonds. The first kappa shape index (κ1) is 17.4. The SMILES string of the molecule is CCOC(=O)CN1CCCN(C(=O)Cc2ccc(C)nc2)CC1. The molecule has 0 aliphatic carbocycles. The second kappa shape index (κ2) is 8.62. The molecule has 0 bridgehead atoms. The fourth-order valence-corrected chi connectivity index (χ4v) is 2.66. The average Bonchev–Trinajstić information content (AvgIpc) is 2.75. The highest BCUT2D eigenvalue weighted by atomic mass is 16.5. The van der Waals surface area contributed by atoms with Crippen LogP contribution in [0, 0.1) is 6.92 Å². The summed E-state index contributed by atoms with van der Waals surface area (Å²) in [5, 5.41) is 0. The van der Waals surface area contributed by atoms with Gasteiger partial charge in [0.2, 0.25) is 5.91 Å². The van der Waals surface area contributed by atoms with Gasteiger partial charge in [-0.3, -0.25) is 19.5 Å². The molecule has 2 heterocycles. The lowest BCUT2D eigenvalue weighted by Gasteiger charge is -2.21. The number of hydrogen-bond acceptors (Lipinski definition) is 5. The highest BCUT2D eigenvalue weighted by Crippen LogP contribution is 2.08. The monoisotopic (exact) mass is 319 g/mol. The van der Waals surface area contributed by atoms with Gasteiger partial charge in [0.15, 0.2) is 0 Å². The van der Waals surface area contributed by atoms with Gasteiger partial charge in [-0.15, -0.1) is 0 Å². The molecule has 0 N–H and O–H groups in total. The number of pyridine rings is 1. The summed E-state index contributed by atoms with van der Waals surface area (Å²) in [7, 11) is 0. The lowest BCUT2D eigenvalue weighted by molar-refractivity contribution is -0.144. The van der Waals surface area contributed by atoms with E-state index in [1.54, 1.807) is 13.1 Å². The lowest BCUT2D eigenvalue weighted by Crippen LogP contribution is -2.37. The van der Waals surface area contributed by atoms with Crippen LogP contribution in [0.2, 0.25) is 0 Å². The summed E-state index contributed by atoms with van der Waals surface area (Å²) in [5.41, 5.74) is 1.89. The number of aryl methyl sites for hydroxylation is 1. The van der Waals surface area contributed by atoms with Crippen LogP contribution >= 0.6 is 0 Å². The van der Waals surface area contributed by atoms with Crippen LogP contribution in [0.25, 0.3) is 0 Å². The van der Waals surface area contributed by atoms with Gasteiger partial charge in [0, 0.05) is 38.1 Å². The van der Waals surface area contributed by atoms with Gasteiger partial charge in [-0.2, -0.15) is 0 Å². The molecule has 0 aromatic carbocycles. The van der Waals surface area contributed by atoms with Crippen molar-refractivity contribution in [3.05, 3.63) is 29.6 Å². The molecule has 0 saturated carbocycles. The van der Waals surface area contributed by atoms with Gasteiger partial charge in [0.1, 0.15) is 0 Å². The van der Waals surface area contributed by atoms with Crippen LogP contribution in [0.15, 0.2) is 18.3 Å². The molecule has 126 valence electrons. The first-order valence-electron chi connectivity index (χ1n) is 8.15. The average molecular weight is 319 g/mol. The van der Waals surface area contributed by atoms with Crippen LogP contribution in [-0.4, -0.2) is 66.0 Å². The van der Waals surface area contributed by atoms with Crippen LogP contribution < -0.4 is 0 Å². The van der Waals surface area contributed by atoms with Crippen molar-refractivity contribution in [3.63, 3.8) is 0 Å². The molecule has 1 aromatic heterocycles. The molecule has 1 aliphatic rings. The Morgan fingerprint density at radius 3 is 2.74 bits per heavy atom. The predicted octanol–water partition coefficient (Wildman–Crippen LogP) is 1.03. The van der Waals surface area contributed by atoms with E-state index in [9.17, 15) is 9.59 Å². The number of carbonyl (C=O) groups excluding carboxylic acids is 2. The van der Waals surface area contributed by atoms with Gasteiger partial charge in [-0.25, -0.2) is 0 Å². The van der Waals surface area contributed by atoms with Crippen molar-refractivity contribution in [1.82, 2.24) is 14.8 Å². The minimum absolute atomic E-state index is 0.119. The van der Waals surface area contributed by atoms with Crippen LogP contribution in [0.5, 0.6) is 0 Å². The Balaban J connectivity index is 1.83. The summed E-state index contributed by atoms with van der Waals surface area (Å²) in [6.45, 7) is 7.35. The summed E-state index contributed by atoms with van der Waals surface area (Å²) >= 11 is 0. The zero-order valence-electron chi connectivity index (χ0n) is 14.0. The molecule has 0 atom stereocenters. The van der Waals surface area contributed by atoms with Crippen molar-refractivity contribution in [2.75, 3.05) is 39.3 Å². The molecule has 0 unspecified atom stereocenters. The van der Waals surface area contributed by atoms with Gasteiger partial charge in [0.25, 0.3) is 0 Å². The minimum Gasteiger partial charge on any atom is -0.465 e. The van der Waals surface area contributed by atoms with Gasteiger partial charge in [0.05, 0.1) is 19.6 Å². The van der Waals surface area contributed by atoms with Gasteiger partial charge >= 0.3 is 5.97 Å². The molecular weight excluding hydrogens is 294 g/mol. The highest BCUT2D eigenvalue weighted by Gasteiger charge is 2.20. The van der Waals surface area contributed by atoms with Crippen molar-refractivity contribution < 1.29 is 14.3 Å². The third kappa shape index (κ3) is 5.63. The lowest BCUT2D eigenvalue weighted by atomic mass is 10.2. The van der Waals surface area contributed by atoms with E-state index >= 15 is 0 Å². The maximum atomic E-state index is 12.4. The molecule has 1 saturated heterocycles. The van der Waals surface area contributed by atoms with Gasteiger partial charge in [-0.1, -0.05) is 6.07 Å². The van der Waals surface area contributed by atoms with Crippen molar-refractivity contribution in [2.45, 2.75) is 26.7 Å². The molecule has 6 nitrogen and oxygen atoms in total. The van der Waals surface area contributed by atoms with Crippen LogP contribution in [0.4, 0.5) is 0 Å². The summed E-state index contributed by atoms with van der Waals surface area (Å²) in [6, 6.07) is 3.87. The first-order valence-corrected chi connectivity index (χ1v) is 8.15. The molecule has 2 rings (SSSR count). The molecule has 0 radical (unpaired) electrons. The summed E-state index contributed by atoms with van der Waals surface area (Å²) < 4.78 is 4.98. The summed E-state index contributed by atoms with van der Waals surface area (Å²) in [5.74, 6) is -0.0772. The molecule has 23 heavy (non-hydrogen) atoms. The zero-order valence-corrected chi connectivity index (χ0v) is 14.0. The fraction of sp³-hybridized carbons (Fsp3) is 0.588. The van der Waals surface area contributed by atoms with Crippen molar-refractivity contribution in [1.29, 1.82) is 0 Å². The number of aromatic nitrogens is 1. The highest BCUT2D eigenvalue weighted by molar-refractivity contribution is 5.78. The Morgan fingerprint density at radius 2 is 2.04 bits per heavy atom. The Labute approximate surface area is 137 Å². The largest absolute Gasteiger partial charge is 0.465 e. The van der Waals surface area contributed by atoms with E-state index in [0.717, 1.165) is 30.8 Å². The fourth-order valence-electron chi connectivity index (χ4n) is 2.66. The standard InChI is InChI=1S/C17H25N3O3/c1-3-23-17(22)13-19-7-4-8-20(10-9-19)16(21)11-15-6-5-14(2)18-12-15/h5-6,12H,3-4,7-11,13H2,1-2H3. The number of esters is 1. The van der Waals surface area contributed by atoms with Crippen LogP contribution in [-0.2, 0) is 20.7 Å². The van der Waals surface area contributed by atoms with E-state index in [4.69, 9.17) is 4.74 Å². The topological polar surface area (TPSA) is 62.7 Å². The van der Waals surface area contributed by atoms with E-state index < -0.39 is 0 Å². The number of amides is 1. The summed E-state index contributed by atoms with van der Waals surface area (Å²) in [4.78, 5) is 32.1. The van der Waals surface area contributed by atoms with Gasteiger partial charge in [-0.05, 0) is 31.9 Å². The first-order chi connectivity index (χ1) is 11.1. The van der Waals surface area contributed by atoms with Crippen molar-refractivity contribution in [3.8, 4) is 0 Å². The van der Waals surface area contributed by atoms with Crippen molar-refractivity contribution in [2.24, 2.45) is 0 Å². The normalized spacial score (nSPS) is 16.0. The van der Waals surface area contributed by atoms with E-state index in [1.807, 2.05) is 24.0 Å². The molecule has 1 aliphatic heterocycles. The van der Waals surface area contributed by atoms with Crippen LogP contribution in [0.3, 0.4) is 0 Å². The Hall–Kier alpha value is -1.95. The Morgan fingerprint density at radius 1 is 1.22 bits per heavy atom. The number of ether oxygens (including phenoxy) is 1. The summed E-state index contributed by atoms with van der Waals surface area (Å²) in [6.07, 6.45) is 3.01. The smallest absolute Gasteiger partial charge is 0.320 e. The Bertz CT molecular complexity index is 530. The zero-order chi connectivity index (χ0) is 16.7. The second-order valence-electron chi connectivity index (χ2n) is 5.80. The maximum absolute atomic E-state index is 12.4. The molecule has 1 fully saturated rings. The van der Waals surface area contributed by atoms with E-state index in [0.29, 0.717) is 32.7 Å². The number of nitrogens with zero attached hydrogens (tertiary/aromatic N) is 3. The third-order valence-corrected chi connectivity index (χ3v) is 3.93. The van der Waals surface area contributed by atoms with Crippen LogP contribution in [0.1, 0.15) is 24.6 Å². The number of carbonyl (C=O) groups is 2.